The van der Waals surface area contributed by atoms with E-state index in [1.807, 2.05) is 48.5 Å². The van der Waals surface area contributed by atoms with Gasteiger partial charge in [-0.15, -0.1) is 10.2 Å². The summed E-state index contributed by atoms with van der Waals surface area (Å²) in [5.41, 5.74) is 3.29. The number of ether oxygens (including phenoxy) is 1. The number of pyridine rings is 1. The number of hydrogen-bond donors (Lipinski definition) is 1. The summed E-state index contributed by atoms with van der Waals surface area (Å²) in [5.74, 6) is 0.0272. The highest BCUT2D eigenvalue weighted by Crippen LogP contribution is 2.23. The van der Waals surface area contributed by atoms with Gasteiger partial charge in [-0.05, 0) is 55.5 Å². The Morgan fingerprint density at radius 2 is 1.85 bits per heavy atom. The fraction of sp³-hybridized carbons (Fsp3) is 0.0800. The van der Waals surface area contributed by atoms with E-state index < -0.39 is 11.9 Å². The Balaban J connectivity index is 1.37. The molecule has 5 rings (SSSR count). The molecule has 0 saturated carbocycles. The largest absolute Gasteiger partial charge is 0.481 e. The van der Waals surface area contributed by atoms with E-state index in [1.54, 1.807) is 29.8 Å². The lowest BCUT2D eigenvalue weighted by molar-refractivity contribution is -0.122. The molecule has 0 saturated heterocycles. The van der Waals surface area contributed by atoms with E-state index in [0.29, 0.717) is 28.5 Å². The van der Waals surface area contributed by atoms with Gasteiger partial charge in [-0.1, -0.05) is 24.3 Å². The van der Waals surface area contributed by atoms with Crippen LogP contribution in [0.4, 0.5) is 10.1 Å². The number of hydrogen-bond acceptors (Lipinski definition) is 6. The van der Waals surface area contributed by atoms with Gasteiger partial charge in [-0.25, -0.2) is 4.39 Å². The van der Waals surface area contributed by atoms with Gasteiger partial charge in [0.25, 0.3) is 5.91 Å². The number of fused-ring (bicyclic) bond motifs is 1. The Bertz CT molecular complexity index is 1470. The number of amides is 1. The monoisotopic (exact) mass is 454 g/mol. The van der Waals surface area contributed by atoms with Gasteiger partial charge in [0.15, 0.2) is 11.8 Å². The summed E-state index contributed by atoms with van der Waals surface area (Å²) in [5, 5.41) is 15.9. The summed E-state index contributed by atoms with van der Waals surface area (Å²) in [6, 6.07) is 22.2. The maximum atomic E-state index is 13.4. The van der Waals surface area contributed by atoms with Crippen molar-refractivity contribution in [3.05, 3.63) is 90.9 Å². The maximum Gasteiger partial charge on any atom is 0.265 e. The van der Waals surface area contributed by atoms with Gasteiger partial charge >= 0.3 is 0 Å². The number of rotatable bonds is 6. The van der Waals surface area contributed by atoms with Crippen LogP contribution in [0.25, 0.3) is 28.4 Å². The molecule has 34 heavy (non-hydrogen) atoms. The molecule has 3 heterocycles. The standard InChI is InChI=1S/C25H19FN6O2/c1-16(34-20-9-5-7-18(26)15-20)25(33)28-19-8-4-6-17(14-19)21-11-12-23-29-30-24(32(23)31-21)22-10-2-3-13-27-22/h2-16H,1H3,(H,28,33). The first kappa shape index (κ1) is 21.2. The van der Waals surface area contributed by atoms with E-state index in [-0.39, 0.29) is 11.7 Å². The van der Waals surface area contributed by atoms with Crippen LogP contribution in [0.5, 0.6) is 5.75 Å². The predicted octanol–water partition coefficient (Wildman–Crippen LogP) is 4.40. The van der Waals surface area contributed by atoms with Crippen molar-refractivity contribution in [1.29, 1.82) is 0 Å². The maximum absolute atomic E-state index is 13.4. The molecule has 0 aliphatic carbocycles. The van der Waals surface area contributed by atoms with Crippen molar-refractivity contribution in [2.24, 2.45) is 0 Å². The van der Waals surface area contributed by atoms with Gasteiger partial charge in [0.05, 0.1) is 5.69 Å². The second-order valence-electron chi connectivity index (χ2n) is 7.51. The third kappa shape index (κ3) is 4.44. The average molecular weight is 454 g/mol. The van der Waals surface area contributed by atoms with Crippen LogP contribution in [0.1, 0.15) is 6.92 Å². The van der Waals surface area contributed by atoms with Crippen molar-refractivity contribution in [2.45, 2.75) is 13.0 Å². The van der Waals surface area contributed by atoms with Crippen LogP contribution in [-0.4, -0.2) is 36.8 Å². The molecule has 8 nitrogen and oxygen atoms in total. The van der Waals surface area contributed by atoms with Gasteiger partial charge in [0, 0.05) is 23.5 Å². The number of anilines is 1. The summed E-state index contributed by atoms with van der Waals surface area (Å²) in [6.45, 7) is 1.60. The highest BCUT2D eigenvalue weighted by Gasteiger charge is 2.16. The minimum atomic E-state index is -0.821. The van der Waals surface area contributed by atoms with Gasteiger partial charge in [0.1, 0.15) is 17.3 Å². The zero-order chi connectivity index (χ0) is 23.5. The number of nitrogens with zero attached hydrogens (tertiary/aromatic N) is 5. The van der Waals surface area contributed by atoms with Crippen LogP contribution in [0.3, 0.4) is 0 Å². The Labute approximate surface area is 194 Å². The number of nitrogens with one attached hydrogen (secondary N) is 1. The van der Waals surface area contributed by atoms with E-state index in [0.717, 1.165) is 5.56 Å². The molecule has 0 aliphatic heterocycles. The lowest BCUT2D eigenvalue weighted by Crippen LogP contribution is -2.30. The van der Waals surface area contributed by atoms with Crippen LogP contribution in [-0.2, 0) is 4.79 Å². The fourth-order valence-corrected chi connectivity index (χ4v) is 3.40. The molecular formula is C25H19FN6O2. The molecule has 2 aromatic carbocycles. The quantitative estimate of drug-likeness (QED) is 0.409. The molecular weight excluding hydrogens is 435 g/mol. The van der Waals surface area contributed by atoms with Crippen LogP contribution in [0.2, 0.25) is 0 Å². The zero-order valence-corrected chi connectivity index (χ0v) is 18.1. The summed E-state index contributed by atoms with van der Waals surface area (Å²) in [4.78, 5) is 16.9. The highest BCUT2D eigenvalue weighted by molar-refractivity contribution is 5.94. The van der Waals surface area contributed by atoms with Crippen molar-refractivity contribution < 1.29 is 13.9 Å². The third-order valence-electron chi connectivity index (χ3n) is 5.06. The lowest BCUT2D eigenvalue weighted by atomic mass is 10.1. The summed E-state index contributed by atoms with van der Waals surface area (Å²) in [7, 11) is 0. The number of benzene rings is 2. The molecule has 1 unspecified atom stereocenters. The SMILES string of the molecule is CC(Oc1cccc(F)c1)C(=O)Nc1cccc(-c2ccc3nnc(-c4ccccn4)n3n2)c1. The molecule has 168 valence electrons. The van der Waals surface area contributed by atoms with Crippen molar-refractivity contribution >= 4 is 17.2 Å². The Hall–Kier alpha value is -4.66. The summed E-state index contributed by atoms with van der Waals surface area (Å²) < 4.78 is 20.6. The smallest absolute Gasteiger partial charge is 0.265 e. The van der Waals surface area contributed by atoms with Gasteiger partial charge < -0.3 is 10.1 Å². The van der Waals surface area contributed by atoms with E-state index in [9.17, 15) is 9.18 Å². The van der Waals surface area contributed by atoms with Crippen LogP contribution in [0, 0.1) is 5.82 Å². The highest BCUT2D eigenvalue weighted by atomic mass is 19.1. The fourth-order valence-electron chi connectivity index (χ4n) is 3.40. The van der Waals surface area contributed by atoms with E-state index in [2.05, 4.69) is 25.6 Å². The van der Waals surface area contributed by atoms with Gasteiger partial charge in [-0.2, -0.15) is 9.61 Å². The van der Waals surface area contributed by atoms with Gasteiger partial charge in [0.2, 0.25) is 5.82 Å². The third-order valence-corrected chi connectivity index (χ3v) is 5.06. The van der Waals surface area contributed by atoms with Crippen molar-refractivity contribution in [3.8, 4) is 28.5 Å². The molecule has 0 fully saturated rings. The van der Waals surface area contributed by atoms with Crippen molar-refractivity contribution in [2.75, 3.05) is 5.32 Å². The molecule has 0 radical (unpaired) electrons. The van der Waals surface area contributed by atoms with Gasteiger partial charge in [-0.3, -0.25) is 9.78 Å². The summed E-state index contributed by atoms with van der Waals surface area (Å²) in [6.07, 6.45) is 0.865. The molecule has 9 heteroatoms. The van der Waals surface area contributed by atoms with Crippen LogP contribution >= 0.6 is 0 Å². The minimum Gasteiger partial charge on any atom is -0.481 e. The molecule has 1 N–H and O–H groups in total. The zero-order valence-electron chi connectivity index (χ0n) is 18.1. The average Bonchev–Trinajstić information content (AvgIpc) is 3.28. The Kier molecular flexibility index (Phi) is 5.65. The molecule has 0 spiro atoms. The first-order valence-corrected chi connectivity index (χ1v) is 10.5. The number of carbonyl (C=O) groups excluding carboxylic acids is 1. The van der Waals surface area contributed by atoms with Crippen LogP contribution in [0.15, 0.2) is 85.1 Å². The van der Waals surface area contributed by atoms with E-state index >= 15 is 0 Å². The lowest BCUT2D eigenvalue weighted by Gasteiger charge is -2.15. The molecule has 0 bridgehead atoms. The van der Waals surface area contributed by atoms with Crippen molar-refractivity contribution in [1.82, 2.24) is 24.8 Å². The summed E-state index contributed by atoms with van der Waals surface area (Å²) >= 11 is 0. The second kappa shape index (κ2) is 9.07. The second-order valence-corrected chi connectivity index (χ2v) is 7.51. The Morgan fingerprint density at radius 3 is 2.68 bits per heavy atom. The molecule has 0 aliphatic rings. The van der Waals surface area contributed by atoms with Crippen molar-refractivity contribution in [3.63, 3.8) is 0 Å². The first-order chi connectivity index (χ1) is 16.6. The molecule has 5 aromatic rings. The molecule has 1 amide bonds. The topological polar surface area (TPSA) is 94.3 Å². The van der Waals surface area contributed by atoms with Crippen LogP contribution < -0.4 is 10.1 Å². The first-order valence-electron chi connectivity index (χ1n) is 10.5. The van der Waals surface area contributed by atoms with E-state index in [4.69, 9.17) is 4.74 Å². The normalized spacial score (nSPS) is 11.8. The predicted molar refractivity (Wildman–Crippen MR) is 125 cm³/mol. The number of aromatic nitrogens is 5. The molecule has 3 aromatic heterocycles. The Morgan fingerprint density at radius 1 is 0.971 bits per heavy atom. The minimum absolute atomic E-state index is 0.284. The number of halogens is 1. The van der Waals surface area contributed by atoms with E-state index in [1.165, 1.54) is 18.2 Å². The number of carbonyl (C=O) groups is 1. The molecule has 1 atom stereocenters.